The lowest BCUT2D eigenvalue weighted by molar-refractivity contribution is -0.0160. The third kappa shape index (κ3) is 5.09. The molecule has 0 heterocycles. The van der Waals surface area contributed by atoms with Gasteiger partial charge in [-0.25, -0.2) is 0 Å². The highest BCUT2D eigenvalue weighted by Crippen LogP contribution is 2.54. The molecule has 0 aromatic rings. The van der Waals surface area contributed by atoms with E-state index in [0.717, 1.165) is 0 Å². The molecular formula is C10H20NO4P. The van der Waals surface area contributed by atoms with E-state index in [4.69, 9.17) is 19.0 Å². The van der Waals surface area contributed by atoms with Crippen molar-refractivity contribution in [2.24, 2.45) is 0 Å². The Kier molecular flexibility index (Phi) is 6.20. The minimum atomic E-state index is -3.51. The highest BCUT2D eigenvalue weighted by Gasteiger charge is 2.39. The molecule has 0 saturated heterocycles. The highest BCUT2D eigenvalue weighted by atomic mass is 31.2. The minimum Gasteiger partial charge on any atom is -0.346 e. The topological polar surface area (TPSA) is 68.5 Å². The molecular weight excluding hydrogens is 229 g/mol. The first-order valence-electron chi connectivity index (χ1n) is 5.25. The van der Waals surface area contributed by atoms with E-state index in [2.05, 4.69) is 0 Å². The first kappa shape index (κ1) is 15.6. The van der Waals surface area contributed by atoms with Crippen LogP contribution in [0.5, 0.6) is 0 Å². The van der Waals surface area contributed by atoms with Crippen LogP contribution in [-0.4, -0.2) is 24.7 Å². The van der Waals surface area contributed by atoms with Crippen molar-refractivity contribution >= 4 is 7.60 Å². The number of hydrogen-bond donors (Lipinski definition) is 0. The standard InChI is InChI=1S/C10H20NO4P/c1-6-13-16(12,14-7-2)9(8-11)15-10(3,4)5/h9H,6-7H2,1-5H3/t9-/m0/s1. The molecule has 0 amide bonds. The summed E-state index contributed by atoms with van der Waals surface area (Å²) in [5, 5.41) is 8.97. The van der Waals surface area contributed by atoms with E-state index >= 15 is 0 Å². The van der Waals surface area contributed by atoms with Crippen molar-refractivity contribution in [3.63, 3.8) is 0 Å². The van der Waals surface area contributed by atoms with Crippen LogP contribution in [0.25, 0.3) is 0 Å². The predicted molar refractivity (Wildman–Crippen MR) is 61.1 cm³/mol. The zero-order chi connectivity index (χ0) is 12.8. The van der Waals surface area contributed by atoms with Gasteiger partial charge < -0.3 is 13.8 Å². The molecule has 0 aromatic carbocycles. The summed E-state index contributed by atoms with van der Waals surface area (Å²) >= 11 is 0. The molecule has 16 heavy (non-hydrogen) atoms. The highest BCUT2D eigenvalue weighted by molar-refractivity contribution is 7.54. The number of nitriles is 1. The molecule has 0 fully saturated rings. The van der Waals surface area contributed by atoms with E-state index in [9.17, 15) is 4.57 Å². The summed E-state index contributed by atoms with van der Waals surface area (Å²) in [5.41, 5.74) is -0.579. The normalized spacial score (nSPS) is 14.5. The van der Waals surface area contributed by atoms with Gasteiger partial charge in [0, 0.05) is 0 Å². The number of nitrogens with zero attached hydrogens (tertiary/aromatic N) is 1. The monoisotopic (exact) mass is 249 g/mol. The molecule has 0 unspecified atom stereocenters. The van der Waals surface area contributed by atoms with Crippen LogP contribution in [0.1, 0.15) is 34.6 Å². The van der Waals surface area contributed by atoms with Gasteiger partial charge in [-0.3, -0.25) is 4.57 Å². The third-order valence-electron chi connectivity index (χ3n) is 1.48. The Morgan fingerprint density at radius 1 is 1.25 bits per heavy atom. The minimum absolute atomic E-state index is 0.211. The van der Waals surface area contributed by atoms with Gasteiger partial charge in [0.25, 0.3) is 0 Å². The average molecular weight is 249 g/mol. The summed E-state index contributed by atoms with van der Waals surface area (Å²) in [7, 11) is -3.51. The van der Waals surface area contributed by atoms with Gasteiger partial charge in [0.05, 0.1) is 18.8 Å². The van der Waals surface area contributed by atoms with Crippen molar-refractivity contribution < 1.29 is 18.3 Å². The van der Waals surface area contributed by atoms with Gasteiger partial charge in [-0.15, -0.1) is 0 Å². The van der Waals surface area contributed by atoms with Gasteiger partial charge in [0.15, 0.2) is 0 Å². The van der Waals surface area contributed by atoms with Gasteiger partial charge in [0.1, 0.15) is 6.07 Å². The molecule has 0 aliphatic rings. The SMILES string of the molecule is CCOP(=O)(OCC)[C@@H](C#N)OC(C)(C)C. The Labute approximate surface area is 97.2 Å². The Hall–Kier alpha value is -0.400. The van der Waals surface area contributed by atoms with Crippen LogP contribution in [0, 0.1) is 11.3 Å². The van der Waals surface area contributed by atoms with E-state index in [1.54, 1.807) is 34.6 Å². The fraction of sp³-hybridized carbons (Fsp3) is 0.900. The van der Waals surface area contributed by atoms with Crippen molar-refractivity contribution in [2.75, 3.05) is 13.2 Å². The van der Waals surface area contributed by atoms with E-state index in [1.165, 1.54) is 0 Å². The van der Waals surface area contributed by atoms with Crippen LogP contribution < -0.4 is 0 Å². The van der Waals surface area contributed by atoms with Crippen LogP contribution in [0.3, 0.4) is 0 Å². The van der Waals surface area contributed by atoms with Gasteiger partial charge in [-0.05, 0) is 34.6 Å². The molecule has 0 N–H and O–H groups in total. The number of ether oxygens (including phenoxy) is 1. The van der Waals surface area contributed by atoms with Gasteiger partial charge in [0.2, 0.25) is 5.85 Å². The smallest absolute Gasteiger partial charge is 0.346 e. The maximum absolute atomic E-state index is 12.2. The van der Waals surface area contributed by atoms with Crippen molar-refractivity contribution in [2.45, 2.75) is 46.1 Å². The molecule has 6 heteroatoms. The predicted octanol–water partition coefficient (Wildman–Crippen LogP) is 2.92. The van der Waals surface area contributed by atoms with E-state index in [0.29, 0.717) is 0 Å². The van der Waals surface area contributed by atoms with Crippen LogP contribution in [0.4, 0.5) is 0 Å². The van der Waals surface area contributed by atoms with Crippen molar-refractivity contribution in [1.29, 1.82) is 5.26 Å². The first-order chi connectivity index (χ1) is 7.29. The van der Waals surface area contributed by atoms with E-state index in [1.807, 2.05) is 6.07 Å². The fourth-order valence-electron chi connectivity index (χ4n) is 1.03. The van der Waals surface area contributed by atoms with Crippen LogP contribution in [0.2, 0.25) is 0 Å². The average Bonchev–Trinajstić information content (AvgIpc) is 2.13. The lowest BCUT2D eigenvalue weighted by Crippen LogP contribution is -2.27. The molecule has 0 aliphatic heterocycles. The van der Waals surface area contributed by atoms with Gasteiger partial charge >= 0.3 is 7.60 Å². The molecule has 0 aromatic heterocycles. The number of rotatable bonds is 6. The Morgan fingerprint density at radius 2 is 1.69 bits per heavy atom. The van der Waals surface area contributed by atoms with Crippen molar-refractivity contribution in [3.8, 4) is 6.07 Å². The van der Waals surface area contributed by atoms with Crippen molar-refractivity contribution in [3.05, 3.63) is 0 Å². The van der Waals surface area contributed by atoms with E-state index in [-0.39, 0.29) is 13.2 Å². The molecule has 0 rings (SSSR count). The summed E-state index contributed by atoms with van der Waals surface area (Å²) in [6, 6.07) is 1.83. The maximum atomic E-state index is 12.2. The van der Waals surface area contributed by atoms with Gasteiger partial charge in [-0.2, -0.15) is 5.26 Å². The molecule has 0 saturated carbocycles. The Balaban J connectivity index is 4.87. The molecule has 5 nitrogen and oxygen atoms in total. The van der Waals surface area contributed by atoms with Crippen LogP contribution in [-0.2, 0) is 18.3 Å². The van der Waals surface area contributed by atoms with Gasteiger partial charge in [-0.1, -0.05) is 0 Å². The molecule has 0 spiro atoms. The molecule has 94 valence electrons. The second-order valence-corrected chi connectivity index (χ2v) is 6.15. The summed E-state index contributed by atoms with van der Waals surface area (Å²) in [6.45, 7) is 9.14. The molecule has 0 radical (unpaired) electrons. The molecule has 0 bridgehead atoms. The summed E-state index contributed by atoms with van der Waals surface area (Å²) in [5.74, 6) is -1.19. The van der Waals surface area contributed by atoms with Crippen LogP contribution in [0.15, 0.2) is 0 Å². The molecule has 0 aliphatic carbocycles. The Bertz CT molecular complexity index is 282. The summed E-state index contributed by atoms with van der Waals surface area (Å²) in [4.78, 5) is 0. The Morgan fingerprint density at radius 3 is 1.94 bits per heavy atom. The first-order valence-corrected chi connectivity index (χ1v) is 6.86. The van der Waals surface area contributed by atoms with E-state index < -0.39 is 19.0 Å². The zero-order valence-electron chi connectivity index (χ0n) is 10.5. The second-order valence-electron chi connectivity index (χ2n) is 4.09. The largest absolute Gasteiger partial charge is 0.373 e. The lowest BCUT2D eigenvalue weighted by atomic mass is 10.2. The molecule has 1 atom stereocenters. The third-order valence-corrected chi connectivity index (χ3v) is 3.51. The zero-order valence-corrected chi connectivity index (χ0v) is 11.4. The fourth-order valence-corrected chi connectivity index (χ4v) is 2.68. The second kappa shape index (κ2) is 6.36. The van der Waals surface area contributed by atoms with Crippen molar-refractivity contribution in [1.82, 2.24) is 0 Å². The lowest BCUT2D eigenvalue weighted by Gasteiger charge is -2.27. The summed E-state index contributed by atoms with van der Waals surface area (Å²) < 4.78 is 27.7. The quantitative estimate of drug-likeness (QED) is 0.677. The number of hydrogen-bond acceptors (Lipinski definition) is 5. The van der Waals surface area contributed by atoms with Crippen LogP contribution >= 0.6 is 7.60 Å². The summed E-state index contributed by atoms with van der Waals surface area (Å²) in [6.07, 6.45) is 0. The maximum Gasteiger partial charge on any atom is 0.373 e.